The number of aryl methyl sites for hydroxylation is 1. The first-order chi connectivity index (χ1) is 16.3. The number of nitrogens with one attached hydrogen (secondary N) is 1. The third-order valence-electron chi connectivity index (χ3n) is 8.08. The molecule has 2 aromatic carbocycles. The van der Waals surface area contributed by atoms with Crippen molar-refractivity contribution in [1.82, 2.24) is 14.8 Å². The third kappa shape index (κ3) is 3.15. The predicted octanol–water partition coefficient (Wildman–Crippen LogP) is 4.31. The van der Waals surface area contributed by atoms with E-state index in [9.17, 15) is 18.7 Å². The van der Waals surface area contributed by atoms with Gasteiger partial charge in [-0.1, -0.05) is 12.1 Å². The standard InChI is InChI=1S/C26H27F2N3O3/c1-14-9-22(34-2)18(17-7-8-29-24(14)17)10-30-13-21-23-19(26(23,27)28)11-31(21)12-20(30)15-3-5-16(6-4-15)25(32)33/h3-9,19-21,23,29H,10-13H2,1-2H3,(H,32,33)/t19-,20+,21-,23-/m1/s1. The van der Waals surface area contributed by atoms with Crippen molar-refractivity contribution in [2.45, 2.75) is 31.5 Å². The zero-order valence-electron chi connectivity index (χ0n) is 19.1. The first-order valence-corrected chi connectivity index (χ1v) is 11.6. The van der Waals surface area contributed by atoms with Crippen LogP contribution in [0.5, 0.6) is 5.75 Å². The number of carboxylic acids is 1. The number of benzene rings is 2. The number of rotatable bonds is 5. The van der Waals surface area contributed by atoms with Crippen LogP contribution in [0, 0.1) is 18.8 Å². The van der Waals surface area contributed by atoms with Gasteiger partial charge in [-0.3, -0.25) is 9.80 Å². The van der Waals surface area contributed by atoms with E-state index < -0.39 is 23.7 Å². The van der Waals surface area contributed by atoms with E-state index in [2.05, 4.69) is 14.8 Å². The molecule has 3 fully saturated rings. The number of aromatic amines is 1. The Kier molecular flexibility index (Phi) is 4.76. The van der Waals surface area contributed by atoms with Crippen molar-refractivity contribution in [3.63, 3.8) is 0 Å². The van der Waals surface area contributed by atoms with Crippen molar-refractivity contribution < 1.29 is 23.4 Å². The van der Waals surface area contributed by atoms with Gasteiger partial charge >= 0.3 is 5.97 Å². The monoisotopic (exact) mass is 467 g/mol. The fourth-order valence-electron chi connectivity index (χ4n) is 6.26. The third-order valence-corrected chi connectivity index (χ3v) is 8.08. The number of piperidine rings is 1. The average molecular weight is 468 g/mol. The fraction of sp³-hybridized carbons (Fsp3) is 0.423. The number of carboxylic acid groups (broad SMARTS) is 1. The van der Waals surface area contributed by atoms with Crippen molar-refractivity contribution in [3.8, 4) is 5.75 Å². The zero-order valence-corrected chi connectivity index (χ0v) is 19.1. The molecule has 1 aromatic heterocycles. The molecule has 1 aliphatic carbocycles. The number of ether oxygens (including phenoxy) is 1. The lowest BCUT2D eigenvalue weighted by atomic mass is 9.95. The molecule has 0 amide bonds. The van der Waals surface area contributed by atoms with Crippen LogP contribution in [0.4, 0.5) is 8.78 Å². The molecule has 2 aliphatic heterocycles. The van der Waals surface area contributed by atoms with Gasteiger partial charge in [0.1, 0.15) is 5.75 Å². The molecule has 2 N–H and O–H groups in total. The number of fused-ring (bicyclic) bond motifs is 4. The van der Waals surface area contributed by atoms with Crippen molar-refractivity contribution in [2.75, 3.05) is 26.7 Å². The Morgan fingerprint density at radius 2 is 1.97 bits per heavy atom. The molecule has 0 spiro atoms. The van der Waals surface area contributed by atoms with Crippen molar-refractivity contribution in [2.24, 2.45) is 11.8 Å². The van der Waals surface area contributed by atoms with E-state index in [-0.39, 0.29) is 17.6 Å². The van der Waals surface area contributed by atoms with E-state index in [1.165, 1.54) is 0 Å². The molecular formula is C26H27F2N3O3. The van der Waals surface area contributed by atoms with Gasteiger partial charge in [0.2, 0.25) is 0 Å². The summed E-state index contributed by atoms with van der Waals surface area (Å²) in [5, 5.41) is 10.4. The fourth-order valence-corrected chi connectivity index (χ4v) is 6.26. The van der Waals surface area contributed by atoms with Gasteiger partial charge in [0.15, 0.2) is 0 Å². The molecule has 4 atom stereocenters. The molecule has 34 heavy (non-hydrogen) atoms. The molecule has 1 saturated carbocycles. The molecule has 0 bridgehead atoms. The molecule has 3 heterocycles. The van der Waals surface area contributed by atoms with Gasteiger partial charge in [-0.2, -0.15) is 0 Å². The maximum absolute atomic E-state index is 14.3. The molecule has 3 aromatic rings. The number of aromatic carboxylic acids is 1. The summed E-state index contributed by atoms with van der Waals surface area (Å²) in [6.07, 6.45) is 1.91. The molecule has 6 nitrogen and oxygen atoms in total. The smallest absolute Gasteiger partial charge is 0.335 e. The molecule has 6 rings (SSSR count). The van der Waals surface area contributed by atoms with Crippen LogP contribution in [0.2, 0.25) is 0 Å². The normalized spacial score (nSPS) is 28.0. The maximum Gasteiger partial charge on any atom is 0.335 e. The number of H-pyrrole nitrogens is 1. The van der Waals surface area contributed by atoms with Crippen LogP contribution in [0.15, 0.2) is 42.6 Å². The van der Waals surface area contributed by atoms with Gasteiger partial charge in [0.05, 0.1) is 12.7 Å². The van der Waals surface area contributed by atoms with Gasteiger partial charge < -0.3 is 14.8 Å². The quantitative estimate of drug-likeness (QED) is 0.586. The summed E-state index contributed by atoms with van der Waals surface area (Å²) in [4.78, 5) is 19.1. The number of carbonyl (C=O) groups is 1. The van der Waals surface area contributed by atoms with E-state index in [0.29, 0.717) is 26.2 Å². The van der Waals surface area contributed by atoms with Crippen LogP contribution >= 0.6 is 0 Å². The Bertz CT molecular complexity index is 1270. The van der Waals surface area contributed by atoms with Crippen molar-refractivity contribution in [3.05, 3.63) is 64.8 Å². The van der Waals surface area contributed by atoms with Gasteiger partial charge in [-0.15, -0.1) is 0 Å². The highest BCUT2D eigenvalue weighted by molar-refractivity contribution is 5.88. The number of piperazine rings is 1. The first kappa shape index (κ1) is 21.6. The minimum absolute atomic E-state index is 0.0368. The van der Waals surface area contributed by atoms with E-state index in [1.54, 1.807) is 19.2 Å². The lowest BCUT2D eigenvalue weighted by Gasteiger charge is -2.45. The van der Waals surface area contributed by atoms with Crippen LogP contribution in [0.1, 0.15) is 33.1 Å². The molecule has 8 heteroatoms. The second kappa shape index (κ2) is 7.52. The van der Waals surface area contributed by atoms with Gasteiger partial charge in [0.25, 0.3) is 5.92 Å². The second-order valence-electron chi connectivity index (χ2n) is 9.84. The predicted molar refractivity (Wildman–Crippen MR) is 123 cm³/mol. The minimum Gasteiger partial charge on any atom is -0.496 e. The number of aromatic nitrogens is 1. The van der Waals surface area contributed by atoms with E-state index >= 15 is 0 Å². The number of methoxy groups -OCH3 is 1. The highest BCUT2D eigenvalue weighted by Crippen LogP contribution is 2.63. The first-order valence-electron chi connectivity index (χ1n) is 11.6. The summed E-state index contributed by atoms with van der Waals surface area (Å²) in [6, 6.07) is 10.8. The van der Waals surface area contributed by atoms with Crippen molar-refractivity contribution in [1.29, 1.82) is 0 Å². The molecule has 2 saturated heterocycles. The molecular weight excluding hydrogens is 440 g/mol. The van der Waals surface area contributed by atoms with Crippen LogP contribution in [-0.4, -0.2) is 64.6 Å². The Hall–Kier alpha value is -2.97. The maximum atomic E-state index is 14.3. The molecule has 3 aliphatic rings. The van der Waals surface area contributed by atoms with E-state index in [0.717, 1.165) is 33.3 Å². The summed E-state index contributed by atoms with van der Waals surface area (Å²) < 4.78 is 34.4. The van der Waals surface area contributed by atoms with E-state index in [1.807, 2.05) is 37.4 Å². The number of alkyl halides is 2. The Morgan fingerprint density at radius 3 is 2.68 bits per heavy atom. The zero-order chi connectivity index (χ0) is 23.8. The number of hydrogen-bond acceptors (Lipinski definition) is 4. The van der Waals surface area contributed by atoms with Crippen LogP contribution in [0.25, 0.3) is 10.9 Å². The van der Waals surface area contributed by atoms with Crippen LogP contribution in [-0.2, 0) is 6.54 Å². The summed E-state index contributed by atoms with van der Waals surface area (Å²) in [7, 11) is 1.66. The molecule has 0 radical (unpaired) electrons. The second-order valence-corrected chi connectivity index (χ2v) is 9.84. The SMILES string of the molecule is COc1cc(C)c2[nH]ccc2c1CN1C[C@@H]2[C@H]3[C@@H](CN2C[C@H]1c1ccc(C(=O)O)cc1)C3(F)F. The number of hydrogen-bond donors (Lipinski definition) is 2. The highest BCUT2D eigenvalue weighted by Gasteiger charge is 2.76. The lowest BCUT2D eigenvalue weighted by molar-refractivity contribution is -0.0208. The van der Waals surface area contributed by atoms with Crippen molar-refractivity contribution >= 4 is 16.9 Å². The van der Waals surface area contributed by atoms with Gasteiger partial charge in [0, 0.05) is 72.8 Å². The number of halogens is 2. The number of nitrogens with zero attached hydrogens (tertiary/aromatic N) is 2. The highest BCUT2D eigenvalue weighted by atomic mass is 19.3. The van der Waals surface area contributed by atoms with Gasteiger partial charge in [-0.25, -0.2) is 13.6 Å². The Morgan fingerprint density at radius 1 is 1.21 bits per heavy atom. The Labute approximate surface area is 196 Å². The summed E-state index contributed by atoms with van der Waals surface area (Å²) in [6.45, 7) is 4.19. The molecule has 0 unspecified atom stereocenters. The van der Waals surface area contributed by atoms with Crippen LogP contribution < -0.4 is 4.74 Å². The largest absolute Gasteiger partial charge is 0.496 e. The van der Waals surface area contributed by atoms with Gasteiger partial charge in [-0.05, 0) is 42.3 Å². The lowest BCUT2D eigenvalue weighted by Crippen LogP contribution is -2.54. The summed E-state index contributed by atoms with van der Waals surface area (Å²) in [5.41, 5.74) is 4.39. The minimum atomic E-state index is -2.56. The molecule has 178 valence electrons. The van der Waals surface area contributed by atoms with Crippen LogP contribution in [0.3, 0.4) is 0 Å². The Balaban J connectivity index is 1.38. The summed E-state index contributed by atoms with van der Waals surface area (Å²) >= 11 is 0. The topological polar surface area (TPSA) is 68.8 Å². The average Bonchev–Trinajstić information content (AvgIpc) is 3.22. The van der Waals surface area contributed by atoms with E-state index in [4.69, 9.17) is 4.74 Å². The summed E-state index contributed by atoms with van der Waals surface area (Å²) in [5.74, 6) is -3.85.